The van der Waals surface area contributed by atoms with Crippen molar-refractivity contribution in [1.82, 2.24) is 14.7 Å². The van der Waals surface area contributed by atoms with Crippen molar-refractivity contribution >= 4 is 50.4 Å². The molecule has 1 N–H and O–H groups in total. The van der Waals surface area contributed by atoms with E-state index >= 15 is 0 Å². The first-order chi connectivity index (χ1) is 14.4. The third-order valence-corrected chi connectivity index (χ3v) is 9.15. The fraction of sp³-hybridized carbons (Fsp3) is 0.278. The van der Waals surface area contributed by atoms with Crippen LogP contribution in [0.1, 0.15) is 11.4 Å². The van der Waals surface area contributed by atoms with Gasteiger partial charge in [0.15, 0.2) is 20.0 Å². The summed E-state index contributed by atoms with van der Waals surface area (Å²) in [5.74, 6) is 0.700. The number of carbonyl (C=O) groups excluding carboxylic acids is 1. The van der Waals surface area contributed by atoms with Gasteiger partial charge in [-0.2, -0.15) is 0 Å². The largest absolute Gasteiger partial charge is 0.486 e. The standard InChI is InChI=1S/C18H17N3O5S4/c1-10-17(29-18(19-10)27-2)30(23,24)21-15(22)8-12-9-28-16(20-12)11-3-4-13-14(7-11)26-6-5-25-13/h3-4,7,9H,5-6,8H2,1-2H3,(H,21,22). The smallest absolute Gasteiger partial charge is 0.275 e. The first kappa shape index (κ1) is 21.1. The molecule has 1 amide bonds. The molecule has 0 fully saturated rings. The maximum Gasteiger partial charge on any atom is 0.275 e. The molecule has 0 unspecified atom stereocenters. The van der Waals surface area contributed by atoms with E-state index < -0.39 is 15.9 Å². The summed E-state index contributed by atoms with van der Waals surface area (Å²) in [5.41, 5.74) is 1.70. The van der Waals surface area contributed by atoms with E-state index in [2.05, 4.69) is 14.7 Å². The van der Waals surface area contributed by atoms with Crippen LogP contribution in [0.25, 0.3) is 10.6 Å². The molecular weight excluding hydrogens is 466 g/mol. The highest BCUT2D eigenvalue weighted by Gasteiger charge is 2.24. The Bertz CT molecular complexity index is 1200. The number of hydrogen-bond acceptors (Lipinski definition) is 10. The topological polar surface area (TPSA) is 107 Å². The number of nitrogens with one attached hydrogen (secondary N) is 1. The normalized spacial score (nSPS) is 13.3. The lowest BCUT2D eigenvalue weighted by Gasteiger charge is -2.18. The summed E-state index contributed by atoms with van der Waals surface area (Å²) in [6.07, 6.45) is 1.67. The van der Waals surface area contributed by atoms with Crippen LogP contribution in [0.2, 0.25) is 0 Å². The summed E-state index contributed by atoms with van der Waals surface area (Å²) in [6.45, 7) is 2.62. The van der Waals surface area contributed by atoms with E-state index in [-0.39, 0.29) is 10.6 Å². The van der Waals surface area contributed by atoms with Crippen LogP contribution < -0.4 is 14.2 Å². The minimum absolute atomic E-state index is 0.0513. The summed E-state index contributed by atoms with van der Waals surface area (Å²) < 4.78 is 39.0. The average molecular weight is 484 g/mol. The molecule has 158 valence electrons. The van der Waals surface area contributed by atoms with Crippen LogP contribution in [0, 0.1) is 6.92 Å². The zero-order chi connectivity index (χ0) is 21.3. The Labute approximate surface area is 185 Å². The van der Waals surface area contributed by atoms with E-state index in [4.69, 9.17) is 9.47 Å². The molecule has 12 heteroatoms. The molecule has 1 aromatic carbocycles. The number of ether oxygens (including phenoxy) is 2. The average Bonchev–Trinajstić information content (AvgIpc) is 3.34. The van der Waals surface area contributed by atoms with E-state index in [1.165, 1.54) is 23.1 Å². The van der Waals surface area contributed by atoms with Crippen molar-refractivity contribution in [2.75, 3.05) is 19.5 Å². The number of thiazole rings is 2. The van der Waals surface area contributed by atoms with Gasteiger partial charge in [-0.05, 0) is 31.4 Å². The molecule has 3 aromatic rings. The lowest BCUT2D eigenvalue weighted by Crippen LogP contribution is -2.31. The first-order valence-electron chi connectivity index (χ1n) is 8.77. The zero-order valence-electron chi connectivity index (χ0n) is 16.0. The number of thioether (sulfide) groups is 1. The van der Waals surface area contributed by atoms with Crippen molar-refractivity contribution in [3.05, 3.63) is 35.0 Å². The molecule has 0 bridgehead atoms. The zero-order valence-corrected chi connectivity index (χ0v) is 19.3. The number of fused-ring (bicyclic) bond motifs is 1. The predicted molar refractivity (Wildman–Crippen MR) is 116 cm³/mol. The fourth-order valence-corrected chi connectivity index (χ4v) is 6.81. The van der Waals surface area contributed by atoms with Crippen LogP contribution in [0.3, 0.4) is 0 Å². The second kappa shape index (κ2) is 8.53. The summed E-state index contributed by atoms with van der Waals surface area (Å²) in [7, 11) is -3.97. The number of aryl methyl sites for hydroxylation is 1. The van der Waals surface area contributed by atoms with E-state index in [9.17, 15) is 13.2 Å². The predicted octanol–water partition coefficient (Wildman–Crippen LogP) is 3.12. The van der Waals surface area contributed by atoms with Gasteiger partial charge in [0.1, 0.15) is 18.2 Å². The lowest BCUT2D eigenvalue weighted by molar-refractivity contribution is -0.118. The highest BCUT2D eigenvalue weighted by Crippen LogP contribution is 2.35. The van der Waals surface area contributed by atoms with Crippen LogP contribution in [-0.4, -0.2) is 43.8 Å². The van der Waals surface area contributed by atoms with Crippen LogP contribution in [0.5, 0.6) is 11.5 Å². The number of amides is 1. The SMILES string of the molecule is CSc1nc(C)c(S(=O)(=O)NC(=O)Cc2csc(-c3ccc4c(c3)OCCO4)n2)s1. The Morgan fingerprint density at radius 1 is 1.23 bits per heavy atom. The minimum Gasteiger partial charge on any atom is -0.486 e. The van der Waals surface area contributed by atoms with Gasteiger partial charge in [0.2, 0.25) is 5.91 Å². The van der Waals surface area contributed by atoms with Crippen molar-refractivity contribution in [3.8, 4) is 22.1 Å². The second-order valence-corrected chi connectivity index (χ2v) is 11.1. The molecule has 30 heavy (non-hydrogen) atoms. The van der Waals surface area contributed by atoms with E-state index in [0.29, 0.717) is 45.4 Å². The Balaban J connectivity index is 1.46. The number of nitrogens with zero attached hydrogens (tertiary/aromatic N) is 2. The van der Waals surface area contributed by atoms with Gasteiger partial charge in [0.05, 0.1) is 17.8 Å². The molecule has 1 aliphatic heterocycles. The fourth-order valence-electron chi connectivity index (χ4n) is 2.79. The first-order valence-corrected chi connectivity index (χ1v) is 13.2. The third kappa shape index (κ3) is 4.46. The molecule has 0 spiro atoms. The van der Waals surface area contributed by atoms with Gasteiger partial charge in [0, 0.05) is 10.9 Å². The number of benzene rings is 1. The monoisotopic (exact) mass is 483 g/mol. The lowest BCUT2D eigenvalue weighted by atomic mass is 10.2. The van der Waals surface area contributed by atoms with Gasteiger partial charge in [-0.15, -0.1) is 11.3 Å². The summed E-state index contributed by atoms with van der Waals surface area (Å²) in [6, 6.07) is 5.54. The molecule has 0 saturated heterocycles. The van der Waals surface area contributed by atoms with Crippen molar-refractivity contribution in [3.63, 3.8) is 0 Å². The molecule has 2 aromatic heterocycles. The van der Waals surface area contributed by atoms with Gasteiger partial charge in [-0.3, -0.25) is 4.79 Å². The van der Waals surface area contributed by atoms with Crippen molar-refractivity contribution in [2.24, 2.45) is 0 Å². The molecule has 3 heterocycles. The Morgan fingerprint density at radius 2 is 2.00 bits per heavy atom. The molecular formula is C18H17N3O5S4. The van der Waals surface area contributed by atoms with Crippen LogP contribution >= 0.6 is 34.4 Å². The van der Waals surface area contributed by atoms with Crippen LogP contribution in [0.15, 0.2) is 32.1 Å². The molecule has 0 atom stereocenters. The second-order valence-electron chi connectivity index (χ2n) is 6.26. The summed E-state index contributed by atoms with van der Waals surface area (Å²) in [4.78, 5) is 21.0. The third-order valence-electron chi connectivity index (χ3n) is 4.08. The van der Waals surface area contributed by atoms with Gasteiger partial charge in [0.25, 0.3) is 10.0 Å². The van der Waals surface area contributed by atoms with E-state index in [1.54, 1.807) is 12.3 Å². The molecule has 4 rings (SSSR count). The number of rotatable bonds is 6. The number of aromatic nitrogens is 2. The molecule has 0 radical (unpaired) electrons. The maximum atomic E-state index is 12.5. The number of carbonyl (C=O) groups is 1. The van der Waals surface area contributed by atoms with Crippen LogP contribution in [0.4, 0.5) is 0 Å². The highest BCUT2D eigenvalue weighted by molar-refractivity contribution is 8.00. The van der Waals surface area contributed by atoms with E-state index in [0.717, 1.165) is 16.9 Å². The number of sulfonamides is 1. The van der Waals surface area contributed by atoms with E-state index in [1.807, 2.05) is 24.5 Å². The quantitative estimate of drug-likeness (QED) is 0.533. The molecule has 0 aliphatic carbocycles. The highest BCUT2D eigenvalue weighted by atomic mass is 32.3. The summed E-state index contributed by atoms with van der Waals surface area (Å²) >= 11 is 3.77. The Morgan fingerprint density at radius 3 is 2.73 bits per heavy atom. The summed E-state index contributed by atoms with van der Waals surface area (Å²) in [5, 5.41) is 2.45. The molecule has 1 aliphatic rings. The molecule has 8 nitrogen and oxygen atoms in total. The minimum atomic E-state index is -3.97. The van der Waals surface area contributed by atoms with Crippen molar-refractivity contribution in [2.45, 2.75) is 21.9 Å². The Hall–Kier alpha value is -2.15. The van der Waals surface area contributed by atoms with Crippen molar-refractivity contribution in [1.29, 1.82) is 0 Å². The van der Waals surface area contributed by atoms with Crippen LogP contribution in [-0.2, 0) is 21.2 Å². The van der Waals surface area contributed by atoms with Gasteiger partial charge >= 0.3 is 0 Å². The van der Waals surface area contributed by atoms with Gasteiger partial charge in [-0.25, -0.2) is 23.1 Å². The maximum absolute atomic E-state index is 12.5. The molecule has 0 saturated carbocycles. The van der Waals surface area contributed by atoms with Gasteiger partial charge < -0.3 is 9.47 Å². The Kier molecular flexibility index (Phi) is 6.00. The number of hydrogen-bond donors (Lipinski definition) is 1. The van der Waals surface area contributed by atoms with Crippen molar-refractivity contribution < 1.29 is 22.7 Å². The van der Waals surface area contributed by atoms with Gasteiger partial charge in [-0.1, -0.05) is 23.1 Å².